The zero-order valence-corrected chi connectivity index (χ0v) is 14.6. The van der Waals surface area contributed by atoms with Crippen molar-refractivity contribution < 1.29 is 4.92 Å². The molecule has 1 aromatic carbocycles. The summed E-state index contributed by atoms with van der Waals surface area (Å²) in [6.07, 6.45) is 1.25. The van der Waals surface area contributed by atoms with Gasteiger partial charge in [-0.25, -0.2) is 15.4 Å². The molecule has 0 aliphatic heterocycles. The number of halogens is 1. The third-order valence-electron chi connectivity index (χ3n) is 3.01. The topological polar surface area (TPSA) is 105 Å². The van der Waals surface area contributed by atoms with Gasteiger partial charge in [0.2, 0.25) is 11.6 Å². The van der Waals surface area contributed by atoms with Crippen molar-refractivity contribution in [1.82, 2.24) is 15.4 Å². The second kappa shape index (κ2) is 6.98. The molecule has 0 aliphatic rings. The van der Waals surface area contributed by atoms with Crippen molar-refractivity contribution >= 4 is 34.6 Å². The van der Waals surface area contributed by atoms with Crippen LogP contribution >= 0.6 is 11.6 Å². The molecular formula is C15H19ClN6O2. The molecule has 24 heavy (non-hydrogen) atoms. The predicted octanol–water partition coefficient (Wildman–Crippen LogP) is 3.81. The van der Waals surface area contributed by atoms with E-state index in [2.05, 4.69) is 26.1 Å². The summed E-state index contributed by atoms with van der Waals surface area (Å²) in [5, 5.41) is 15.0. The molecule has 0 amide bonds. The Bertz CT molecular complexity index is 760. The standard InChI is InChI=1S/C15H19ClN6O2/c1-9-5-6-10(16)7-11(9)19-13-12(22(23)24)14(18-8-17-13)20-21-15(2,3)4/h5-8,21H,1-4H3,(H2,17,18,19,20). The van der Waals surface area contributed by atoms with E-state index in [-0.39, 0.29) is 22.9 Å². The lowest BCUT2D eigenvalue weighted by molar-refractivity contribution is -0.383. The molecule has 1 heterocycles. The second-order valence-electron chi connectivity index (χ2n) is 6.26. The maximum Gasteiger partial charge on any atom is 0.354 e. The number of hydrogen-bond donors (Lipinski definition) is 3. The summed E-state index contributed by atoms with van der Waals surface area (Å²) >= 11 is 5.99. The van der Waals surface area contributed by atoms with Crippen LogP contribution in [0.15, 0.2) is 24.5 Å². The van der Waals surface area contributed by atoms with E-state index in [1.807, 2.05) is 33.8 Å². The van der Waals surface area contributed by atoms with Crippen LogP contribution in [0, 0.1) is 17.0 Å². The monoisotopic (exact) mass is 350 g/mol. The van der Waals surface area contributed by atoms with Gasteiger partial charge >= 0.3 is 5.69 Å². The normalized spacial score (nSPS) is 11.2. The minimum atomic E-state index is -0.533. The number of rotatable bonds is 5. The molecule has 0 spiro atoms. The van der Waals surface area contributed by atoms with E-state index in [4.69, 9.17) is 11.6 Å². The first-order valence-electron chi connectivity index (χ1n) is 7.23. The minimum Gasteiger partial charge on any atom is -0.334 e. The summed E-state index contributed by atoms with van der Waals surface area (Å²) in [5.41, 5.74) is 6.70. The first-order chi connectivity index (χ1) is 11.2. The van der Waals surface area contributed by atoms with Crippen molar-refractivity contribution in [3.05, 3.63) is 45.2 Å². The molecule has 0 saturated carbocycles. The van der Waals surface area contributed by atoms with Crippen molar-refractivity contribution in [3.63, 3.8) is 0 Å². The third-order valence-corrected chi connectivity index (χ3v) is 3.25. The van der Waals surface area contributed by atoms with Crippen molar-refractivity contribution in [3.8, 4) is 0 Å². The highest BCUT2D eigenvalue weighted by atomic mass is 35.5. The van der Waals surface area contributed by atoms with Crippen LogP contribution in [0.1, 0.15) is 26.3 Å². The summed E-state index contributed by atoms with van der Waals surface area (Å²) in [6.45, 7) is 7.62. The van der Waals surface area contributed by atoms with Gasteiger partial charge in [-0.05, 0) is 45.4 Å². The number of aromatic nitrogens is 2. The van der Waals surface area contributed by atoms with Gasteiger partial charge in [0.1, 0.15) is 6.33 Å². The van der Waals surface area contributed by atoms with E-state index in [1.165, 1.54) is 6.33 Å². The predicted molar refractivity (Wildman–Crippen MR) is 94.7 cm³/mol. The fraction of sp³-hybridized carbons (Fsp3) is 0.333. The zero-order valence-electron chi connectivity index (χ0n) is 13.8. The maximum absolute atomic E-state index is 11.5. The largest absolute Gasteiger partial charge is 0.354 e. The SMILES string of the molecule is Cc1ccc(Cl)cc1Nc1ncnc(NNC(C)(C)C)c1[N+](=O)[O-]. The lowest BCUT2D eigenvalue weighted by Crippen LogP contribution is -2.40. The number of nitro groups is 1. The molecular weight excluding hydrogens is 332 g/mol. The highest BCUT2D eigenvalue weighted by Crippen LogP contribution is 2.32. The van der Waals surface area contributed by atoms with E-state index in [1.54, 1.807) is 12.1 Å². The van der Waals surface area contributed by atoms with Crippen LogP contribution in [-0.2, 0) is 0 Å². The number of nitrogens with one attached hydrogen (secondary N) is 3. The average molecular weight is 351 g/mol. The van der Waals surface area contributed by atoms with Gasteiger partial charge in [0.25, 0.3) is 0 Å². The Kier molecular flexibility index (Phi) is 5.20. The Balaban J connectivity index is 2.39. The lowest BCUT2D eigenvalue weighted by atomic mass is 10.1. The third kappa shape index (κ3) is 4.53. The molecule has 1 aromatic heterocycles. The zero-order chi connectivity index (χ0) is 17.9. The average Bonchev–Trinajstić information content (AvgIpc) is 2.48. The molecule has 3 N–H and O–H groups in total. The Morgan fingerprint density at radius 3 is 2.50 bits per heavy atom. The molecule has 0 aliphatic carbocycles. The first-order valence-corrected chi connectivity index (χ1v) is 7.61. The van der Waals surface area contributed by atoms with Crippen LogP contribution in [0.25, 0.3) is 0 Å². The second-order valence-corrected chi connectivity index (χ2v) is 6.70. The van der Waals surface area contributed by atoms with Gasteiger partial charge < -0.3 is 5.32 Å². The molecule has 0 atom stereocenters. The Labute approximate surface area is 144 Å². The molecule has 0 radical (unpaired) electrons. The molecule has 0 bridgehead atoms. The molecule has 0 saturated heterocycles. The van der Waals surface area contributed by atoms with E-state index in [0.717, 1.165) is 5.56 Å². The van der Waals surface area contributed by atoms with Gasteiger partial charge in [-0.15, -0.1) is 0 Å². The molecule has 0 fully saturated rings. The summed E-state index contributed by atoms with van der Waals surface area (Å²) < 4.78 is 0. The van der Waals surface area contributed by atoms with Crippen LogP contribution in [-0.4, -0.2) is 20.4 Å². The van der Waals surface area contributed by atoms with E-state index < -0.39 is 4.92 Å². The van der Waals surface area contributed by atoms with Crippen LogP contribution in [0.4, 0.5) is 23.0 Å². The number of aryl methyl sites for hydroxylation is 1. The first kappa shape index (κ1) is 17.9. The maximum atomic E-state index is 11.5. The summed E-state index contributed by atoms with van der Waals surface area (Å²) in [5.74, 6) is 0.158. The van der Waals surface area contributed by atoms with Crippen molar-refractivity contribution in [2.24, 2.45) is 0 Å². The minimum absolute atomic E-state index is 0.0760. The fourth-order valence-electron chi connectivity index (χ4n) is 1.84. The van der Waals surface area contributed by atoms with Crippen LogP contribution < -0.4 is 16.2 Å². The Morgan fingerprint density at radius 2 is 1.88 bits per heavy atom. The van der Waals surface area contributed by atoms with E-state index in [0.29, 0.717) is 10.7 Å². The quantitative estimate of drug-likeness (QED) is 0.556. The highest BCUT2D eigenvalue weighted by Gasteiger charge is 2.24. The molecule has 0 unspecified atom stereocenters. The van der Waals surface area contributed by atoms with Crippen molar-refractivity contribution in [2.75, 3.05) is 10.7 Å². The molecule has 128 valence electrons. The molecule has 9 heteroatoms. The fourth-order valence-corrected chi connectivity index (χ4v) is 2.01. The number of nitrogens with zero attached hydrogens (tertiary/aromatic N) is 3. The van der Waals surface area contributed by atoms with Gasteiger partial charge in [-0.2, -0.15) is 0 Å². The summed E-state index contributed by atoms with van der Waals surface area (Å²) in [7, 11) is 0. The number of benzene rings is 1. The highest BCUT2D eigenvalue weighted by molar-refractivity contribution is 6.30. The smallest absolute Gasteiger partial charge is 0.334 e. The van der Waals surface area contributed by atoms with Crippen LogP contribution in [0.3, 0.4) is 0 Å². The van der Waals surface area contributed by atoms with Gasteiger partial charge in [0, 0.05) is 16.2 Å². The lowest BCUT2D eigenvalue weighted by Gasteiger charge is -2.21. The van der Waals surface area contributed by atoms with Gasteiger partial charge in [0.15, 0.2) is 0 Å². The summed E-state index contributed by atoms with van der Waals surface area (Å²) in [4.78, 5) is 18.9. The number of hydrogen-bond acceptors (Lipinski definition) is 7. The van der Waals surface area contributed by atoms with Crippen LogP contribution in [0.2, 0.25) is 5.02 Å². The van der Waals surface area contributed by atoms with Gasteiger partial charge in [-0.1, -0.05) is 17.7 Å². The number of hydrazine groups is 1. The Morgan fingerprint density at radius 1 is 1.21 bits per heavy atom. The van der Waals surface area contributed by atoms with Gasteiger partial charge in [-0.3, -0.25) is 15.5 Å². The number of anilines is 3. The van der Waals surface area contributed by atoms with Crippen molar-refractivity contribution in [1.29, 1.82) is 0 Å². The van der Waals surface area contributed by atoms with Gasteiger partial charge in [0.05, 0.1) is 4.92 Å². The molecule has 2 aromatic rings. The van der Waals surface area contributed by atoms with Crippen LogP contribution in [0.5, 0.6) is 0 Å². The molecule has 2 rings (SSSR count). The summed E-state index contributed by atoms with van der Waals surface area (Å²) in [6, 6.07) is 5.25. The van der Waals surface area contributed by atoms with Crippen molar-refractivity contribution in [2.45, 2.75) is 33.2 Å². The Hall–Kier alpha value is -2.45. The van der Waals surface area contributed by atoms with E-state index >= 15 is 0 Å². The molecule has 8 nitrogen and oxygen atoms in total. The van der Waals surface area contributed by atoms with E-state index in [9.17, 15) is 10.1 Å².